The summed E-state index contributed by atoms with van der Waals surface area (Å²) in [5.41, 5.74) is 0. The lowest BCUT2D eigenvalue weighted by Gasteiger charge is -2.22. The number of nitrogens with one attached hydrogen (secondary N) is 1. The van der Waals surface area contributed by atoms with Gasteiger partial charge in [0, 0.05) is 4.88 Å². The van der Waals surface area contributed by atoms with E-state index >= 15 is 0 Å². The molecule has 1 unspecified atom stereocenters. The van der Waals surface area contributed by atoms with Crippen LogP contribution in [-0.4, -0.2) is 26.0 Å². The highest BCUT2D eigenvalue weighted by atomic mass is 35.5. The number of hydrogen-bond acceptors (Lipinski definition) is 3. The second kappa shape index (κ2) is 4.23. The maximum Gasteiger partial charge on any atom is 0.0948 e. The largest absolute Gasteiger partial charge is 0.300 e. The van der Waals surface area contributed by atoms with Crippen LogP contribution in [0.4, 0.5) is 0 Å². The average molecular weight is 205 g/mol. The van der Waals surface area contributed by atoms with Crippen molar-refractivity contribution in [1.29, 1.82) is 0 Å². The van der Waals surface area contributed by atoms with Gasteiger partial charge in [-0.25, -0.2) is 0 Å². The fourth-order valence-corrected chi connectivity index (χ4v) is 2.40. The van der Waals surface area contributed by atoms with Gasteiger partial charge in [-0.1, -0.05) is 11.6 Å². The van der Waals surface area contributed by atoms with Crippen LogP contribution in [0.2, 0.25) is 4.34 Å². The van der Waals surface area contributed by atoms with Crippen molar-refractivity contribution in [2.75, 3.05) is 21.1 Å². The molecule has 0 aromatic carbocycles. The molecule has 2 nitrogen and oxygen atoms in total. The maximum atomic E-state index is 5.84. The SMILES string of the molecule is CNC(c1ccc(Cl)s1)N(C)C. The molecule has 4 heteroatoms. The van der Waals surface area contributed by atoms with E-state index in [4.69, 9.17) is 11.6 Å². The lowest BCUT2D eigenvalue weighted by molar-refractivity contribution is 0.269. The monoisotopic (exact) mass is 204 g/mol. The van der Waals surface area contributed by atoms with Crippen molar-refractivity contribution in [3.63, 3.8) is 0 Å². The predicted octanol–water partition coefficient (Wildman–Crippen LogP) is 2.18. The van der Waals surface area contributed by atoms with Crippen LogP contribution < -0.4 is 5.32 Å². The minimum Gasteiger partial charge on any atom is -0.300 e. The summed E-state index contributed by atoms with van der Waals surface area (Å²) < 4.78 is 0.840. The number of rotatable bonds is 3. The Bertz CT molecular complexity index is 247. The fourth-order valence-electron chi connectivity index (χ4n) is 1.13. The van der Waals surface area contributed by atoms with Crippen LogP contribution >= 0.6 is 22.9 Å². The Labute approximate surface area is 82.1 Å². The summed E-state index contributed by atoms with van der Waals surface area (Å²) in [5.74, 6) is 0. The van der Waals surface area contributed by atoms with E-state index in [0.29, 0.717) is 0 Å². The molecule has 0 saturated heterocycles. The van der Waals surface area contributed by atoms with Crippen LogP contribution in [0.1, 0.15) is 11.0 Å². The molecule has 0 spiro atoms. The Kier molecular flexibility index (Phi) is 3.53. The highest BCUT2D eigenvalue weighted by molar-refractivity contribution is 7.16. The lowest BCUT2D eigenvalue weighted by atomic mass is 10.3. The van der Waals surface area contributed by atoms with Crippen molar-refractivity contribution in [1.82, 2.24) is 10.2 Å². The van der Waals surface area contributed by atoms with Gasteiger partial charge in [0.15, 0.2) is 0 Å². The van der Waals surface area contributed by atoms with Crippen molar-refractivity contribution in [2.24, 2.45) is 0 Å². The fraction of sp³-hybridized carbons (Fsp3) is 0.500. The summed E-state index contributed by atoms with van der Waals surface area (Å²) >= 11 is 7.45. The summed E-state index contributed by atoms with van der Waals surface area (Å²) in [6.07, 6.45) is 0.266. The number of hydrogen-bond donors (Lipinski definition) is 1. The number of thiophene rings is 1. The van der Waals surface area contributed by atoms with Crippen molar-refractivity contribution in [3.05, 3.63) is 21.3 Å². The van der Waals surface area contributed by atoms with Gasteiger partial charge in [-0.15, -0.1) is 11.3 Å². The molecule has 0 fully saturated rings. The Morgan fingerprint density at radius 2 is 2.17 bits per heavy atom. The highest BCUT2D eigenvalue weighted by Crippen LogP contribution is 2.27. The normalized spacial score (nSPS) is 13.8. The molecule has 0 radical (unpaired) electrons. The zero-order valence-corrected chi connectivity index (χ0v) is 9.04. The first kappa shape index (κ1) is 9.99. The molecule has 0 saturated carbocycles. The van der Waals surface area contributed by atoms with Gasteiger partial charge < -0.3 is 5.32 Å². The van der Waals surface area contributed by atoms with Gasteiger partial charge in [-0.3, -0.25) is 4.90 Å². The second-order valence-corrected chi connectivity index (χ2v) is 4.54. The molecule has 0 bridgehead atoms. The molecule has 1 aromatic rings. The van der Waals surface area contributed by atoms with E-state index in [0.717, 1.165) is 4.34 Å². The van der Waals surface area contributed by atoms with E-state index in [-0.39, 0.29) is 6.17 Å². The van der Waals surface area contributed by atoms with Crippen molar-refractivity contribution >= 4 is 22.9 Å². The van der Waals surface area contributed by atoms with E-state index in [1.807, 2.05) is 33.3 Å². The molecular formula is C8H13ClN2S. The average Bonchev–Trinajstić information content (AvgIpc) is 2.37. The molecule has 1 rings (SSSR count). The van der Waals surface area contributed by atoms with Gasteiger partial charge in [-0.05, 0) is 33.3 Å². The first-order valence-corrected chi connectivity index (χ1v) is 4.93. The minimum absolute atomic E-state index is 0.266. The van der Waals surface area contributed by atoms with Gasteiger partial charge in [0.2, 0.25) is 0 Å². The van der Waals surface area contributed by atoms with E-state index in [9.17, 15) is 0 Å². The molecule has 0 aliphatic heterocycles. The van der Waals surface area contributed by atoms with Crippen LogP contribution in [0.3, 0.4) is 0 Å². The van der Waals surface area contributed by atoms with E-state index in [2.05, 4.69) is 10.2 Å². The van der Waals surface area contributed by atoms with Gasteiger partial charge in [0.25, 0.3) is 0 Å². The molecule has 0 aliphatic carbocycles. The Balaban J connectivity index is 2.80. The van der Waals surface area contributed by atoms with Crippen molar-refractivity contribution < 1.29 is 0 Å². The summed E-state index contributed by atoms with van der Waals surface area (Å²) in [6.45, 7) is 0. The summed E-state index contributed by atoms with van der Waals surface area (Å²) in [4.78, 5) is 3.36. The Morgan fingerprint density at radius 1 is 1.50 bits per heavy atom. The third kappa shape index (κ3) is 2.20. The minimum atomic E-state index is 0.266. The molecule has 1 aromatic heterocycles. The molecule has 1 atom stereocenters. The molecule has 1 N–H and O–H groups in total. The molecule has 1 heterocycles. The maximum absolute atomic E-state index is 5.84. The smallest absolute Gasteiger partial charge is 0.0948 e. The molecule has 0 amide bonds. The van der Waals surface area contributed by atoms with Gasteiger partial charge in [-0.2, -0.15) is 0 Å². The molecule has 68 valence electrons. The van der Waals surface area contributed by atoms with Gasteiger partial charge in [0.05, 0.1) is 10.5 Å². The zero-order valence-electron chi connectivity index (χ0n) is 7.47. The summed E-state index contributed by atoms with van der Waals surface area (Å²) in [5, 5.41) is 3.21. The zero-order chi connectivity index (χ0) is 9.14. The summed E-state index contributed by atoms with van der Waals surface area (Å²) in [6, 6.07) is 3.98. The van der Waals surface area contributed by atoms with Crippen molar-refractivity contribution in [3.8, 4) is 0 Å². The third-order valence-electron chi connectivity index (χ3n) is 1.65. The Hall–Kier alpha value is -0.0900. The standard InChI is InChI=1S/C8H13ClN2S/c1-10-8(11(2)3)6-4-5-7(9)12-6/h4-5,8,10H,1-3H3. The van der Waals surface area contributed by atoms with E-state index in [1.165, 1.54) is 4.88 Å². The van der Waals surface area contributed by atoms with Crippen LogP contribution in [0.25, 0.3) is 0 Å². The third-order valence-corrected chi connectivity index (χ3v) is 2.94. The first-order chi connectivity index (χ1) is 5.65. The Morgan fingerprint density at radius 3 is 2.50 bits per heavy atom. The van der Waals surface area contributed by atoms with Crippen LogP contribution in [0.15, 0.2) is 12.1 Å². The van der Waals surface area contributed by atoms with Crippen LogP contribution in [0.5, 0.6) is 0 Å². The summed E-state index contributed by atoms with van der Waals surface area (Å²) in [7, 11) is 6.02. The van der Waals surface area contributed by atoms with E-state index < -0.39 is 0 Å². The molecular weight excluding hydrogens is 192 g/mol. The quantitative estimate of drug-likeness (QED) is 0.760. The van der Waals surface area contributed by atoms with Gasteiger partial charge in [0.1, 0.15) is 0 Å². The van der Waals surface area contributed by atoms with Crippen LogP contribution in [-0.2, 0) is 0 Å². The topological polar surface area (TPSA) is 15.3 Å². The molecule has 0 aliphatic rings. The molecule has 12 heavy (non-hydrogen) atoms. The second-order valence-electron chi connectivity index (χ2n) is 2.80. The van der Waals surface area contributed by atoms with E-state index in [1.54, 1.807) is 11.3 Å². The predicted molar refractivity (Wildman–Crippen MR) is 54.8 cm³/mol. The lowest BCUT2D eigenvalue weighted by Crippen LogP contribution is -2.29. The first-order valence-electron chi connectivity index (χ1n) is 3.74. The van der Waals surface area contributed by atoms with Gasteiger partial charge >= 0.3 is 0 Å². The number of nitrogens with zero attached hydrogens (tertiary/aromatic N) is 1. The van der Waals surface area contributed by atoms with Crippen molar-refractivity contribution in [2.45, 2.75) is 6.17 Å². The van der Waals surface area contributed by atoms with Crippen LogP contribution in [0, 0.1) is 0 Å². The highest BCUT2D eigenvalue weighted by Gasteiger charge is 2.12. The number of halogens is 1.